The third kappa shape index (κ3) is 6.92. The highest BCUT2D eigenvalue weighted by Crippen LogP contribution is 2.19. The molecule has 0 saturated carbocycles. The van der Waals surface area contributed by atoms with Crippen molar-refractivity contribution < 1.29 is 0 Å². The molecule has 2 heteroatoms. The van der Waals surface area contributed by atoms with Crippen molar-refractivity contribution in [3.05, 3.63) is 34.9 Å². The van der Waals surface area contributed by atoms with Gasteiger partial charge < -0.3 is 0 Å². The van der Waals surface area contributed by atoms with Crippen LogP contribution in [-0.2, 0) is 0 Å². The van der Waals surface area contributed by atoms with Gasteiger partial charge in [-0.25, -0.2) is 0 Å². The summed E-state index contributed by atoms with van der Waals surface area (Å²) < 4.78 is 0. The lowest BCUT2D eigenvalue weighted by molar-refractivity contribution is 0.727. The molecule has 0 amide bonds. The van der Waals surface area contributed by atoms with E-state index in [2.05, 4.69) is 26.2 Å². The lowest BCUT2D eigenvalue weighted by Crippen LogP contribution is -1.91. The summed E-state index contributed by atoms with van der Waals surface area (Å²) in [5.41, 5.74) is 1.23. The molecule has 0 heterocycles. The van der Waals surface area contributed by atoms with Crippen molar-refractivity contribution in [2.75, 3.05) is 0 Å². The molecule has 0 aromatic carbocycles. The largest absolute Gasteiger partial charge is 0.0895 e. The molecule has 0 spiro atoms. The van der Waals surface area contributed by atoms with Crippen LogP contribution < -0.4 is 0 Å². The van der Waals surface area contributed by atoms with Gasteiger partial charge in [0.05, 0.1) is 0 Å². The molecule has 0 aliphatic rings. The summed E-state index contributed by atoms with van der Waals surface area (Å²) in [4.78, 5) is 0. The van der Waals surface area contributed by atoms with Crippen LogP contribution in [0.3, 0.4) is 0 Å². The summed E-state index contributed by atoms with van der Waals surface area (Å²) in [7, 11) is 0. The lowest BCUT2D eigenvalue weighted by atomic mass is 10.0. The van der Waals surface area contributed by atoms with E-state index in [1.54, 1.807) is 0 Å². The monoisotopic (exact) mass is 218 g/mol. The lowest BCUT2D eigenvalue weighted by Gasteiger charge is -2.06. The Kier molecular flexibility index (Phi) is 6.19. The molecule has 0 aliphatic carbocycles. The number of hydrogen-bond donors (Lipinski definition) is 0. The predicted octanol–water partition coefficient (Wildman–Crippen LogP) is 4.85. The summed E-state index contributed by atoms with van der Waals surface area (Å²) in [6.07, 6.45) is 3.80. The van der Waals surface area contributed by atoms with Gasteiger partial charge in [-0.1, -0.05) is 54.9 Å². The minimum atomic E-state index is 0.320. The maximum atomic E-state index is 5.75. The molecule has 0 bridgehead atoms. The zero-order valence-corrected chi connectivity index (χ0v) is 9.75. The van der Waals surface area contributed by atoms with Crippen LogP contribution in [0.15, 0.2) is 34.9 Å². The molecule has 0 aliphatic heterocycles. The smallest absolute Gasteiger partial charge is 0.0149 e. The molecule has 0 saturated heterocycles. The van der Waals surface area contributed by atoms with Crippen molar-refractivity contribution in [3.8, 4) is 0 Å². The Hall–Kier alpha value is -0.200. The Labute approximate surface area is 90.9 Å². The second-order valence-corrected chi connectivity index (χ2v) is 4.35. The molecular formula is C11H16Cl2. The highest BCUT2D eigenvalue weighted by molar-refractivity contribution is 6.29. The fraction of sp³-hybridized carbons (Fsp3) is 0.455. The van der Waals surface area contributed by atoms with Crippen LogP contribution in [0.5, 0.6) is 0 Å². The molecule has 0 aromatic rings. The molecule has 13 heavy (non-hydrogen) atoms. The van der Waals surface area contributed by atoms with E-state index in [0.717, 1.165) is 12.8 Å². The van der Waals surface area contributed by atoms with E-state index in [1.165, 1.54) is 5.57 Å². The molecule has 1 atom stereocenters. The van der Waals surface area contributed by atoms with Gasteiger partial charge in [0.15, 0.2) is 0 Å². The Morgan fingerprint density at radius 2 is 1.92 bits per heavy atom. The van der Waals surface area contributed by atoms with Crippen LogP contribution >= 0.6 is 23.2 Å². The Bertz CT molecular complexity index is 226. The molecule has 0 radical (unpaired) electrons. The Balaban J connectivity index is 3.96. The van der Waals surface area contributed by atoms with Crippen molar-refractivity contribution >= 4 is 23.2 Å². The molecule has 74 valence electrons. The Morgan fingerprint density at radius 3 is 2.31 bits per heavy atom. The first-order chi connectivity index (χ1) is 5.93. The first-order valence-electron chi connectivity index (χ1n) is 4.26. The summed E-state index contributed by atoms with van der Waals surface area (Å²) in [6, 6.07) is 0. The van der Waals surface area contributed by atoms with Gasteiger partial charge in [0.2, 0.25) is 0 Å². The SMILES string of the molecule is C=C(Cl)C/C(C)=C\CC(C)C(=C)Cl. The van der Waals surface area contributed by atoms with Gasteiger partial charge in [0, 0.05) is 16.5 Å². The van der Waals surface area contributed by atoms with Gasteiger partial charge in [0.1, 0.15) is 0 Å². The van der Waals surface area contributed by atoms with E-state index < -0.39 is 0 Å². The van der Waals surface area contributed by atoms with Crippen LogP contribution in [0, 0.1) is 5.92 Å². The molecular weight excluding hydrogens is 203 g/mol. The van der Waals surface area contributed by atoms with Gasteiger partial charge in [-0.3, -0.25) is 0 Å². The summed E-state index contributed by atoms with van der Waals surface area (Å²) in [6.45, 7) is 11.4. The van der Waals surface area contributed by atoms with Crippen LogP contribution in [0.1, 0.15) is 26.7 Å². The van der Waals surface area contributed by atoms with E-state index in [1.807, 2.05) is 6.92 Å². The third-order valence-electron chi connectivity index (χ3n) is 1.83. The maximum absolute atomic E-state index is 5.75. The first kappa shape index (κ1) is 12.8. The van der Waals surface area contributed by atoms with Crippen molar-refractivity contribution in [2.45, 2.75) is 26.7 Å². The van der Waals surface area contributed by atoms with E-state index in [-0.39, 0.29) is 0 Å². The number of hydrogen-bond acceptors (Lipinski definition) is 0. The summed E-state index contributed by atoms with van der Waals surface area (Å²) in [5, 5.41) is 1.37. The van der Waals surface area contributed by atoms with Gasteiger partial charge in [-0.15, -0.1) is 0 Å². The third-order valence-corrected chi connectivity index (χ3v) is 2.33. The van der Waals surface area contributed by atoms with Crippen molar-refractivity contribution in [1.29, 1.82) is 0 Å². The standard InChI is InChI=1S/C11H16Cl2/c1-8(7-10(3)12)5-6-9(2)11(4)13/h5,9H,3-4,6-7H2,1-2H3/b8-5-. The average molecular weight is 219 g/mol. The molecule has 0 aromatic heterocycles. The van der Waals surface area contributed by atoms with Crippen LogP contribution in [-0.4, -0.2) is 0 Å². The van der Waals surface area contributed by atoms with Crippen molar-refractivity contribution in [3.63, 3.8) is 0 Å². The van der Waals surface area contributed by atoms with E-state index in [0.29, 0.717) is 16.0 Å². The maximum Gasteiger partial charge on any atom is 0.0149 e. The first-order valence-corrected chi connectivity index (χ1v) is 5.02. The minimum Gasteiger partial charge on any atom is -0.0895 e. The molecule has 0 fully saturated rings. The Morgan fingerprint density at radius 1 is 1.38 bits per heavy atom. The second-order valence-electron chi connectivity index (χ2n) is 3.33. The van der Waals surface area contributed by atoms with Crippen LogP contribution in [0.2, 0.25) is 0 Å². The van der Waals surface area contributed by atoms with E-state index in [4.69, 9.17) is 23.2 Å². The van der Waals surface area contributed by atoms with Crippen molar-refractivity contribution in [2.24, 2.45) is 5.92 Å². The zero-order valence-electron chi connectivity index (χ0n) is 8.24. The van der Waals surface area contributed by atoms with Gasteiger partial charge in [-0.05, 0) is 19.3 Å². The van der Waals surface area contributed by atoms with Gasteiger partial charge in [-0.2, -0.15) is 0 Å². The minimum absolute atomic E-state index is 0.320. The zero-order chi connectivity index (χ0) is 10.4. The summed E-state index contributed by atoms with van der Waals surface area (Å²) >= 11 is 11.4. The van der Waals surface area contributed by atoms with E-state index in [9.17, 15) is 0 Å². The number of halogens is 2. The van der Waals surface area contributed by atoms with Crippen LogP contribution in [0.25, 0.3) is 0 Å². The van der Waals surface area contributed by atoms with Crippen molar-refractivity contribution in [1.82, 2.24) is 0 Å². The van der Waals surface area contributed by atoms with Gasteiger partial charge >= 0.3 is 0 Å². The average Bonchev–Trinajstić information content (AvgIpc) is 1.98. The van der Waals surface area contributed by atoms with Gasteiger partial charge in [0.25, 0.3) is 0 Å². The molecule has 1 unspecified atom stereocenters. The fourth-order valence-corrected chi connectivity index (χ4v) is 1.18. The number of allylic oxidation sites excluding steroid dienone is 4. The summed E-state index contributed by atoms with van der Waals surface area (Å²) in [5.74, 6) is 0.320. The highest BCUT2D eigenvalue weighted by atomic mass is 35.5. The topological polar surface area (TPSA) is 0 Å². The van der Waals surface area contributed by atoms with E-state index >= 15 is 0 Å². The van der Waals surface area contributed by atoms with Crippen LogP contribution in [0.4, 0.5) is 0 Å². The highest BCUT2D eigenvalue weighted by Gasteiger charge is 2.01. The fourth-order valence-electron chi connectivity index (χ4n) is 0.881. The molecule has 0 N–H and O–H groups in total. The number of rotatable bonds is 5. The normalized spacial score (nSPS) is 14.0. The second kappa shape index (κ2) is 6.28. The molecule has 0 nitrogen and oxygen atoms in total. The quantitative estimate of drug-likeness (QED) is 0.579. The molecule has 0 rings (SSSR count). The predicted molar refractivity (Wildman–Crippen MR) is 62.1 cm³/mol.